The van der Waals surface area contributed by atoms with Gasteiger partial charge in [0, 0.05) is 12.6 Å². The number of amides is 1. The van der Waals surface area contributed by atoms with Gasteiger partial charge in [-0.25, -0.2) is 0 Å². The first-order valence-corrected chi connectivity index (χ1v) is 8.09. The van der Waals surface area contributed by atoms with Crippen LogP contribution < -0.4 is 0 Å². The maximum atomic E-state index is 12.7. The number of carbonyl (C=O) groups is 1. The summed E-state index contributed by atoms with van der Waals surface area (Å²) in [7, 11) is 0. The standard InChI is InChI=1S/C18H25NO/c1-14-7-2-3-10-16(14)13-18(20)19-12-6-11-17(19)15-8-4-5-9-15/h2-3,7,10,15,17H,4-6,8-9,11-13H2,1H3. The minimum absolute atomic E-state index is 0.341. The van der Waals surface area contributed by atoms with Gasteiger partial charge < -0.3 is 4.90 Å². The molecule has 1 aromatic rings. The van der Waals surface area contributed by atoms with Crippen molar-refractivity contribution in [3.63, 3.8) is 0 Å². The summed E-state index contributed by atoms with van der Waals surface area (Å²) in [5.74, 6) is 1.12. The molecule has 2 aliphatic rings. The highest BCUT2D eigenvalue weighted by Crippen LogP contribution is 2.35. The number of nitrogens with zero attached hydrogens (tertiary/aromatic N) is 1. The van der Waals surface area contributed by atoms with Crippen molar-refractivity contribution < 1.29 is 4.79 Å². The molecule has 1 atom stereocenters. The number of rotatable bonds is 3. The molecule has 108 valence electrons. The molecule has 0 spiro atoms. The van der Waals surface area contributed by atoms with Gasteiger partial charge >= 0.3 is 0 Å². The molecule has 0 aromatic heterocycles. The van der Waals surface area contributed by atoms with Crippen LogP contribution in [0.2, 0.25) is 0 Å². The monoisotopic (exact) mass is 271 g/mol. The number of benzene rings is 1. The van der Waals surface area contributed by atoms with Crippen LogP contribution in [0.15, 0.2) is 24.3 Å². The van der Waals surface area contributed by atoms with E-state index in [1.807, 2.05) is 12.1 Å². The molecule has 1 heterocycles. The van der Waals surface area contributed by atoms with Gasteiger partial charge in [0.05, 0.1) is 6.42 Å². The Balaban J connectivity index is 1.68. The highest BCUT2D eigenvalue weighted by atomic mass is 16.2. The molecule has 20 heavy (non-hydrogen) atoms. The maximum absolute atomic E-state index is 12.7. The number of likely N-dealkylation sites (tertiary alicyclic amines) is 1. The first kappa shape index (κ1) is 13.7. The third kappa shape index (κ3) is 2.74. The van der Waals surface area contributed by atoms with E-state index in [2.05, 4.69) is 24.0 Å². The number of aryl methyl sites for hydroxylation is 1. The summed E-state index contributed by atoms with van der Waals surface area (Å²) in [6, 6.07) is 8.80. The molecular formula is C18H25NO. The molecule has 1 aliphatic carbocycles. The zero-order chi connectivity index (χ0) is 13.9. The molecule has 1 amide bonds. The lowest BCUT2D eigenvalue weighted by molar-refractivity contribution is -0.132. The van der Waals surface area contributed by atoms with Gasteiger partial charge in [0.15, 0.2) is 0 Å². The van der Waals surface area contributed by atoms with E-state index in [-0.39, 0.29) is 0 Å². The fraction of sp³-hybridized carbons (Fsp3) is 0.611. The molecule has 1 aromatic carbocycles. The lowest BCUT2D eigenvalue weighted by atomic mass is 9.95. The largest absolute Gasteiger partial charge is 0.339 e. The minimum atomic E-state index is 0.341. The Morgan fingerprint density at radius 1 is 1.15 bits per heavy atom. The van der Waals surface area contributed by atoms with E-state index in [0.717, 1.165) is 12.5 Å². The summed E-state index contributed by atoms with van der Waals surface area (Å²) in [4.78, 5) is 14.9. The van der Waals surface area contributed by atoms with Crippen LogP contribution >= 0.6 is 0 Å². The van der Waals surface area contributed by atoms with Gasteiger partial charge in [-0.1, -0.05) is 37.1 Å². The Labute approximate surface area is 122 Å². The SMILES string of the molecule is Cc1ccccc1CC(=O)N1CCCC1C1CCCC1. The van der Waals surface area contributed by atoms with E-state index in [4.69, 9.17) is 0 Å². The first-order valence-electron chi connectivity index (χ1n) is 8.09. The molecule has 0 radical (unpaired) electrons. The fourth-order valence-corrected chi connectivity index (χ4v) is 4.01. The summed E-state index contributed by atoms with van der Waals surface area (Å²) >= 11 is 0. The third-order valence-corrected chi connectivity index (χ3v) is 5.17. The van der Waals surface area contributed by atoms with E-state index in [1.54, 1.807) is 0 Å². The summed E-state index contributed by atoms with van der Waals surface area (Å²) in [6.07, 6.45) is 8.39. The Morgan fingerprint density at radius 3 is 2.65 bits per heavy atom. The lowest BCUT2D eigenvalue weighted by Crippen LogP contribution is -2.40. The third-order valence-electron chi connectivity index (χ3n) is 5.17. The molecule has 1 unspecified atom stereocenters. The minimum Gasteiger partial charge on any atom is -0.339 e. The van der Waals surface area contributed by atoms with Gasteiger partial charge in [0.2, 0.25) is 5.91 Å². The lowest BCUT2D eigenvalue weighted by Gasteiger charge is -2.29. The van der Waals surface area contributed by atoms with Crippen molar-refractivity contribution in [3.8, 4) is 0 Å². The summed E-state index contributed by atoms with van der Waals surface area (Å²) in [5, 5.41) is 0. The quantitative estimate of drug-likeness (QED) is 0.820. The van der Waals surface area contributed by atoms with Crippen molar-refractivity contribution >= 4 is 5.91 Å². The van der Waals surface area contributed by atoms with Gasteiger partial charge in [-0.3, -0.25) is 4.79 Å². The van der Waals surface area contributed by atoms with Crippen LogP contribution in [-0.2, 0) is 11.2 Å². The predicted molar refractivity (Wildman–Crippen MR) is 81.6 cm³/mol. The Bertz CT molecular complexity index is 476. The first-order chi connectivity index (χ1) is 9.75. The van der Waals surface area contributed by atoms with Crippen LogP contribution in [0.3, 0.4) is 0 Å². The molecule has 2 nitrogen and oxygen atoms in total. The molecule has 1 aliphatic heterocycles. The zero-order valence-corrected chi connectivity index (χ0v) is 12.5. The second kappa shape index (κ2) is 5.99. The molecule has 1 saturated carbocycles. The van der Waals surface area contributed by atoms with Crippen LogP contribution in [0.5, 0.6) is 0 Å². The average Bonchev–Trinajstić information content (AvgIpc) is 3.11. The summed E-state index contributed by atoms with van der Waals surface area (Å²) < 4.78 is 0. The molecule has 0 bridgehead atoms. The van der Waals surface area contributed by atoms with Crippen LogP contribution in [-0.4, -0.2) is 23.4 Å². The van der Waals surface area contributed by atoms with E-state index >= 15 is 0 Å². The van der Waals surface area contributed by atoms with Crippen molar-refractivity contribution in [1.82, 2.24) is 4.90 Å². The Kier molecular flexibility index (Phi) is 4.09. The summed E-state index contributed by atoms with van der Waals surface area (Å²) in [5.41, 5.74) is 2.42. The highest BCUT2D eigenvalue weighted by Gasteiger charge is 2.35. The second-order valence-electron chi connectivity index (χ2n) is 6.44. The number of hydrogen-bond acceptors (Lipinski definition) is 1. The van der Waals surface area contributed by atoms with E-state index < -0.39 is 0 Å². The molecular weight excluding hydrogens is 246 g/mol. The Hall–Kier alpha value is -1.31. The smallest absolute Gasteiger partial charge is 0.227 e. The highest BCUT2D eigenvalue weighted by molar-refractivity contribution is 5.79. The molecule has 0 N–H and O–H groups in total. The van der Waals surface area contributed by atoms with E-state index in [1.165, 1.54) is 49.7 Å². The second-order valence-corrected chi connectivity index (χ2v) is 6.44. The van der Waals surface area contributed by atoms with Crippen LogP contribution in [0.4, 0.5) is 0 Å². The van der Waals surface area contributed by atoms with Crippen LogP contribution in [0.25, 0.3) is 0 Å². The fourth-order valence-electron chi connectivity index (χ4n) is 4.01. The van der Waals surface area contributed by atoms with Crippen molar-refractivity contribution in [2.45, 2.75) is 57.9 Å². The molecule has 2 heteroatoms. The van der Waals surface area contributed by atoms with E-state index in [9.17, 15) is 4.79 Å². The molecule has 2 fully saturated rings. The topological polar surface area (TPSA) is 20.3 Å². The van der Waals surface area contributed by atoms with Crippen molar-refractivity contribution in [3.05, 3.63) is 35.4 Å². The molecule has 1 saturated heterocycles. The Morgan fingerprint density at radius 2 is 1.90 bits per heavy atom. The average molecular weight is 271 g/mol. The van der Waals surface area contributed by atoms with Gasteiger partial charge in [-0.05, 0) is 49.7 Å². The van der Waals surface area contributed by atoms with Crippen LogP contribution in [0, 0.1) is 12.8 Å². The number of carbonyl (C=O) groups excluding carboxylic acids is 1. The van der Waals surface area contributed by atoms with Gasteiger partial charge in [0.1, 0.15) is 0 Å². The van der Waals surface area contributed by atoms with Crippen molar-refractivity contribution in [1.29, 1.82) is 0 Å². The van der Waals surface area contributed by atoms with Crippen molar-refractivity contribution in [2.24, 2.45) is 5.92 Å². The normalized spacial score (nSPS) is 23.4. The maximum Gasteiger partial charge on any atom is 0.227 e. The van der Waals surface area contributed by atoms with Gasteiger partial charge in [0.25, 0.3) is 0 Å². The van der Waals surface area contributed by atoms with Gasteiger partial charge in [-0.2, -0.15) is 0 Å². The predicted octanol–water partition coefficient (Wildman–Crippen LogP) is 3.72. The van der Waals surface area contributed by atoms with E-state index in [0.29, 0.717) is 18.4 Å². The number of hydrogen-bond donors (Lipinski definition) is 0. The van der Waals surface area contributed by atoms with Crippen LogP contribution in [0.1, 0.15) is 49.7 Å². The summed E-state index contributed by atoms with van der Waals surface area (Å²) in [6.45, 7) is 3.08. The molecule has 3 rings (SSSR count). The van der Waals surface area contributed by atoms with Gasteiger partial charge in [-0.15, -0.1) is 0 Å². The zero-order valence-electron chi connectivity index (χ0n) is 12.5. The van der Waals surface area contributed by atoms with Crippen molar-refractivity contribution in [2.75, 3.05) is 6.54 Å².